The molecule has 0 aliphatic carbocycles. The SMILES string of the molecule is COc1ccc2nc(NC(=O)c3ccc([I+]c4ccccc4)cc3)sc2c1. The number of carbonyl (C=O) groups is 1. The van der Waals surface area contributed by atoms with E-state index in [0.717, 1.165) is 16.0 Å². The highest BCUT2D eigenvalue weighted by Crippen LogP contribution is 2.29. The Morgan fingerprint density at radius 3 is 2.48 bits per heavy atom. The number of halogens is 1. The number of hydrogen-bond donors (Lipinski definition) is 1. The van der Waals surface area contributed by atoms with Gasteiger partial charge in [-0.15, -0.1) is 0 Å². The fourth-order valence-electron chi connectivity index (χ4n) is 2.52. The molecular weight excluding hydrogens is 471 g/mol. The molecule has 0 atom stereocenters. The highest BCUT2D eigenvalue weighted by atomic mass is 127. The summed E-state index contributed by atoms with van der Waals surface area (Å²) < 4.78 is 8.85. The largest absolute Gasteiger partial charge is 0.497 e. The molecule has 6 heteroatoms. The molecule has 1 N–H and O–H groups in total. The summed E-state index contributed by atoms with van der Waals surface area (Å²) in [6.07, 6.45) is 0. The summed E-state index contributed by atoms with van der Waals surface area (Å²) in [4.78, 5) is 17.0. The molecule has 1 heterocycles. The van der Waals surface area contributed by atoms with Crippen molar-refractivity contribution in [2.75, 3.05) is 12.4 Å². The number of nitrogens with zero attached hydrogens (tertiary/aromatic N) is 1. The molecule has 0 saturated heterocycles. The van der Waals surface area contributed by atoms with Crippen LogP contribution in [0.4, 0.5) is 5.13 Å². The third-order valence-corrected chi connectivity index (χ3v) is 7.49. The highest BCUT2D eigenvalue weighted by molar-refractivity contribution is 7.22. The van der Waals surface area contributed by atoms with Crippen LogP contribution in [0.1, 0.15) is 10.4 Å². The van der Waals surface area contributed by atoms with Crippen molar-refractivity contribution in [2.45, 2.75) is 0 Å². The summed E-state index contributed by atoms with van der Waals surface area (Å²) >= 11 is 1.21. The van der Waals surface area contributed by atoms with Crippen LogP contribution < -0.4 is 31.3 Å². The minimum absolute atomic E-state index is 0.148. The molecule has 1 amide bonds. The lowest BCUT2D eigenvalue weighted by Gasteiger charge is -2.00. The quantitative estimate of drug-likeness (QED) is 0.436. The minimum atomic E-state index is -0.226. The van der Waals surface area contributed by atoms with Crippen LogP contribution in [0.25, 0.3) is 10.2 Å². The zero-order valence-electron chi connectivity index (χ0n) is 14.5. The van der Waals surface area contributed by atoms with E-state index in [-0.39, 0.29) is 27.1 Å². The molecule has 0 aliphatic heterocycles. The number of carbonyl (C=O) groups excluding carboxylic acids is 1. The van der Waals surface area contributed by atoms with E-state index >= 15 is 0 Å². The molecule has 4 aromatic rings. The first-order valence-corrected chi connectivity index (χ1v) is 11.2. The Morgan fingerprint density at radius 1 is 1.00 bits per heavy atom. The predicted molar refractivity (Wildman–Crippen MR) is 104 cm³/mol. The summed E-state index contributed by atoms with van der Waals surface area (Å²) in [6, 6.07) is 24.0. The van der Waals surface area contributed by atoms with E-state index in [0.29, 0.717) is 10.7 Å². The lowest BCUT2D eigenvalue weighted by molar-refractivity contribution is -0.597. The normalized spacial score (nSPS) is 10.7. The van der Waals surface area contributed by atoms with Gasteiger partial charge in [0.05, 0.1) is 17.3 Å². The molecule has 0 fully saturated rings. The fourth-order valence-corrected chi connectivity index (χ4v) is 5.63. The second-order valence-corrected chi connectivity index (χ2v) is 9.77. The molecule has 0 radical (unpaired) electrons. The van der Waals surface area contributed by atoms with Gasteiger partial charge >= 0.3 is 21.2 Å². The topological polar surface area (TPSA) is 51.2 Å². The monoisotopic (exact) mass is 487 g/mol. The van der Waals surface area contributed by atoms with Crippen LogP contribution in [0.3, 0.4) is 0 Å². The van der Waals surface area contributed by atoms with Crippen molar-refractivity contribution in [1.82, 2.24) is 4.98 Å². The number of thiazole rings is 1. The molecular formula is C21H16IN2O2S+. The Kier molecular flexibility index (Phi) is 5.35. The number of fused-ring (bicyclic) bond motifs is 1. The number of benzene rings is 3. The maximum atomic E-state index is 12.5. The Bertz CT molecular complexity index is 1080. The molecule has 0 aliphatic rings. The van der Waals surface area contributed by atoms with Gasteiger partial charge in [-0.3, -0.25) is 10.1 Å². The molecule has 4 rings (SSSR count). The fraction of sp³-hybridized carbons (Fsp3) is 0.0476. The van der Waals surface area contributed by atoms with Gasteiger partial charge < -0.3 is 4.74 Å². The molecule has 0 unspecified atom stereocenters. The number of nitrogens with one attached hydrogen (secondary N) is 1. The highest BCUT2D eigenvalue weighted by Gasteiger charge is 2.16. The van der Waals surface area contributed by atoms with Gasteiger partial charge in [0.2, 0.25) is 0 Å². The Morgan fingerprint density at radius 2 is 1.74 bits per heavy atom. The smallest absolute Gasteiger partial charge is 0.357 e. The van der Waals surface area contributed by atoms with Crippen LogP contribution in [0, 0.1) is 7.14 Å². The van der Waals surface area contributed by atoms with Crippen molar-refractivity contribution in [1.29, 1.82) is 0 Å². The van der Waals surface area contributed by atoms with E-state index in [4.69, 9.17) is 4.74 Å². The molecule has 3 aromatic carbocycles. The summed E-state index contributed by atoms with van der Waals surface area (Å²) in [6.45, 7) is 0. The molecule has 4 nitrogen and oxygen atoms in total. The van der Waals surface area contributed by atoms with Gasteiger partial charge in [0.25, 0.3) is 5.91 Å². The maximum Gasteiger partial charge on any atom is 0.357 e. The standard InChI is InChI=1S/C21H15IN2O2S/c1-26-17-11-12-18-19(13-17)27-21(23-18)24-20(25)14-7-9-16(10-8-14)22-15-5-3-2-4-6-15/h2-13H,1H3/p+1. The number of methoxy groups -OCH3 is 1. The van der Waals surface area contributed by atoms with Gasteiger partial charge in [0.1, 0.15) is 5.75 Å². The van der Waals surface area contributed by atoms with Crippen LogP contribution in [0.15, 0.2) is 72.8 Å². The van der Waals surface area contributed by atoms with E-state index < -0.39 is 0 Å². The van der Waals surface area contributed by atoms with Crippen LogP contribution >= 0.6 is 11.3 Å². The number of ether oxygens (including phenoxy) is 1. The van der Waals surface area contributed by atoms with E-state index in [2.05, 4.69) is 34.6 Å². The van der Waals surface area contributed by atoms with Crippen molar-refractivity contribution >= 4 is 32.6 Å². The van der Waals surface area contributed by atoms with E-state index in [1.54, 1.807) is 7.11 Å². The lowest BCUT2D eigenvalue weighted by atomic mass is 10.2. The molecule has 134 valence electrons. The Balaban J connectivity index is 1.46. The van der Waals surface area contributed by atoms with Crippen molar-refractivity contribution in [3.63, 3.8) is 0 Å². The summed E-state index contributed by atoms with van der Waals surface area (Å²) in [5.41, 5.74) is 1.48. The maximum absolute atomic E-state index is 12.5. The van der Waals surface area contributed by atoms with E-state index in [9.17, 15) is 4.79 Å². The van der Waals surface area contributed by atoms with Gasteiger partial charge in [-0.1, -0.05) is 29.5 Å². The molecule has 0 bridgehead atoms. The van der Waals surface area contributed by atoms with Gasteiger partial charge in [-0.25, -0.2) is 4.98 Å². The first-order chi connectivity index (χ1) is 13.2. The van der Waals surface area contributed by atoms with Gasteiger partial charge in [-0.2, -0.15) is 0 Å². The zero-order chi connectivity index (χ0) is 18.6. The third-order valence-electron chi connectivity index (χ3n) is 3.87. The van der Waals surface area contributed by atoms with E-state index in [1.807, 2.05) is 48.5 Å². The first-order valence-electron chi connectivity index (χ1n) is 8.27. The first kappa shape index (κ1) is 17.9. The van der Waals surface area contributed by atoms with Gasteiger partial charge in [-0.05, 0) is 54.6 Å². The predicted octanol–water partition coefficient (Wildman–Crippen LogP) is 1.69. The average Bonchev–Trinajstić information content (AvgIpc) is 3.10. The van der Waals surface area contributed by atoms with Gasteiger partial charge in [0, 0.05) is 5.56 Å². The van der Waals surface area contributed by atoms with Crippen LogP contribution in [-0.2, 0) is 0 Å². The lowest BCUT2D eigenvalue weighted by Crippen LogP contribution is -3.61. The van der Waals surface area contributed by atoms with Crippen molar-refractivity contribution in [2.24, 2.45) is 0 Å². The summed E-state index contributed by atoms with van der Waals surface area (Å²) in [5.74, 6) is 0.631. The van der Waals surface area contributed by atoms with Crippen LogP contribution in [0.5, 0.6) is 5.75 Å². The molecule has 0 spiro atoms. The third kappa shape index (κ3) is 4.28. The number of hydrogen-bond acceptors (Lipinski definition) is 4. The van der Waals surface area contributed by atoms with Crippen LogP contribution in [-0.4, -0.2) is 18.0 Å². The number of anilines is 1. The average molecular weight is 487 g/mol. The number of aromatic nitrogens is 1. The second-order valence-electron chi connectivity index (χ2n) is 5.70. The summed E-state index contributed by atoms with van der Waals surface area (Å²) in [7, 11) is 1.63. The second kappa shape index (κ2) is 8.06. The van der Waals surface area contributed by atoms with Crippen LogP contribution in [0.2, 0.25) is 0 Å². The van der Waals surface area contributed by atoms with Crippen molar-refractivity contribution < 1.29 is 30.7 Å². The zero-order valence-corrected chi connectivity index (χ0v) is 17.5. The minimum Gasteiger partial charge on any atom is -0.497 e. The van der Waals surface area contributed by atoms with E-state index in [1.165, 1.54) is 18.5 Å². The number of rotatable bonds is 5. The van der Waals surface area contributed by atoms with Gasteiger partial charge in [0.15, 0.2) is 12.3 Å². The Hall–Kier alpha value is -2.45. The van der Waals surface area contributed by atoms with Crippen molar-refractivity contribution in [3.05, 3.63) is 85.5 Å². The Labute approximate surface area is 171 Å². The summed E-state index contributed by atoms with van der Waals surface area (Å²) in [5, 5.41) is 3.48. The molecule has 1 aromatic heterocycles. The molecule has 27 heavy (non-hydrogen) atoms. The van der Waals surface area contributed by atoms with Crippen molar-refractivity contribution in [3.8, 4) is 5.75 Å². The number of amides is 1. The molecule has 0 saturated carbocycles.